The molecule has 1 saturated heterocycles. The third-order valence-electron chi connectivity index (χ3n) is 3.81. The van der Waals surface area contributed by atoms with Gasteiger partial charge in [0.15, 0.2) is 0 Å². The van der Waals surface area contributed by atoms with Crippen molar-refractivity contribution < 1.29 is 9.21 Å². The van der Waals surface area contributed by atoms with Crippen molar-refractivity contribution in [2.24, 2.45) is 5.73 Å². The monoisotopic (exact) mass is 295 g/mol. The Bertz CT molecular complexity index is 531. The number of hydrogen-bond donors (Lipinski definition) is 1. The molecule has 2 rings (SSSR count). The lowest BCUT2D eigenvalue weighted by atomic mass is 10.1. The van der Waals surface area contributed by atoms with Gasteiger partial charge in [0.05, 0.1) is 10.6 Å². The lowest BCUT2D eigenvalue weighted by molar-refractivity contribution is 0.0652. The summed E-state index contributed by atoms with van der Waals surface area (Å²) in [6.07, 6.45) is 0. The molecule has 6 heteroatoms. The minimum atomic E-state index is 0.0619. The molecule has 110 valence electrons. The summed E-state index contributed by atoms with van der Waals surface area (Å²) in [7, 11) is 0. The van der Waals surface area contributed by atoms with Crippen molar-refractivity contribution in [3.63, 3.8) is 0 Å². The first-order valence-corrected chi connectivity index (χ1v) is 7.17. The third-order valence-corrected chi connectivity index (χ3v) is 3.94. The quantitative estimate of drug-likeness (QED) is 0.850. The van der Waals surface area contributed by atoms with Crippen LogP contribution < -0.4 is 5.73 Å². The molecule has 1 aliphatic rings. The molecule has 0 aliphatic carbocycles. The number of hydrogen-bond acceptors (Lipinski definition) is 4. The van der Waals surface area contributed by atoms with Gasteiger partial charge in [-0.05, 0) is 20.8 Å². The van der Waals surface area contributed by atoms with Crippen LogP contribution in [-0.2, 0) is 0 Å². The maximum atomic E-state index is 12.6. The zero-order chi connectivity index (χ0) is 14.9. The van der Waals surface area contributed by atoms with Gasteiger partial charge in [0.2, 0.25) is 0 Å². The van der Waals surface area contributed by atoms with E-state index in [0.29, 0.717) is 35.9 Å². The lowest BCUT2D eigenvalue weighted by Gasteiger charge is -2.34. The second kappa shape index (κ2) is 5.93. The Kier molecular flexibility index (Phi) is 4.45. The number of furan rings is 1. The molecule has 0 unspecified atom stereocenters. The van der Waals surface area contributed by atoms with Gasteiger partial charge in [0.1, 0.15) is 11.5 Å². The van der Waals surface area contributed by atoms with Crippen molar-refractivity contribution in [1.82, 2.24) is 9.80 Å². The zero-order valence-corrected chi connectivity index (χ0v) is 13.0. The van der Waals surface area contributed by atoms with Crippen LogP contribution in [0.3, 0.4) is 0 Å². The molecule has 1 aromatic rings. The molecule has 5 nitrogen and oxygen atoms in total. The van der Waals surface area contributed by atoms with Crippen LogP contribution in [0.25, 0.3) is 0 Å². The summed E-state index contributed by atoms with van der Waals surface area (Å²) in [4.78, 5) is 17.1. The number of carbonyl (C=O) groups is 1. The first-order valence-electron chi connectivity index (χ1n) is 6.76. The Balaban J connectivity index is 2.03. The van der Waals surface area contributed by atoms with Crippen LogP contribution in [0.4, 0.5) is 0 Å². The fraction of sp³-hybridized carbons (Fsp3) is 0.571. The highest BCUT2D eigenvalue weighted by molar-refractivity contribution is 7.80. The molecule has 0 bridgehead atoms. The average Bonchev–Trinajstić information content (AvgIpc) is 2.63. The summed E-state index contributed by atoms with van der Waals surface area (Å²) in [5, 5.41) is 0. The predicted molar refractivity (Wildman–Crippen MR) is 82.0 cm³/mol. The number of amides is 1. The minimum Gasteiger partial charge on any atom is -0.466 e. The van der Waals surface area contributed by atoms with Gasteiger partial charge in [-0.2, -0.15) is 0 Å². The summed E-state index contributed by atoms with van der Waals surface area (Å²) in [5.74, 6) is 1.58. The molecule has 0 aromatic carbocycles. The number of piperazine rings is 1. The molecule has 1 amide bonds. The van der Waals surface area contributed by atoms with Crippen LogP contribution in [0, 0.1) is 20.8 Å². The topological polar surface area (TPSA) is 62.7 Å². The van der Waals surface area contributed by atoms with Crippen LogP contribution in [0.15, 0.2) is 4.42 Å². The fourth-order valence-electron chi connectivity index (χ4n) is 2.60. The van der Waals surface area contributed by atoms with Gasteiger partial charge in [-0.25, -0.2) is 0 Å². The zero-order valence-electron chi connectivity index (χ0n) is 12.2. The minimum absolute atomic E-state index is 0.0619. The molecule has 0 radical (unpaired) electrons. The van der Waals surface area contributed by atoms with Gasteiger partial charge in [-0.1, -0.05) is 12.2 Å². The normalized spacial score (nSPS) is 16.4. The summed E-state index contributed by atoms with van der Waals surface area (Å²) in [6.45, 7) is 9.29. The van der Waals surface area contributed by atoms with E-state index in [1.165, 1.54) is 0 Å². The molecule has 2 N–H and O–H groups in total. The summed E-state index contributed by atoms with van der Waals surface area (Å²) < 4.78 is 5.54. The Hall–Kier alpha value is -1.40. The van der Waals surface area contributed by atoms with E-state index in [4.69, 9.17) is 22.4 Å². The molecular weight excluding hydrogens is 274 g/mol. The first-order chi connectivity index (χ1) is 9.40. The highest BCUT2D eigenvalue weighted by Crippen LogP contribution is 2.22. The number of thiocarbonyl (C=S) groups is 1. The van der Waals surface area contributed by atoms with Gasteiger partial charge in [0, 0.05) is 38.3 Å². The van der Waals surface area contributed by atoms with Crippen LogP contribution in [0.2, 0.25) is 0 Å². The molecule has 0 spiro atoms. The molecule has 0 saturated carbocycles. The third kappa shape index (κ3) is 3.02. The van der Waals surface area contributed by atoms with Crippen molar-refractivity contribution >= 4 is 23.1 Å². The predicted octanol–water partition coefficient (Wildman–Crippen LogP) is 1.25. The van der Waals surface area contributed by atoms with Crippen LogP contribution >= 0.6 is 12.2 Å². The van der Waals surface area contributed by atoms with E-state index in [0.717, 1.165) is 24.4 Å². The fourth-order valence-corrected chi connectivity index (χ4v) is 2.78. The second-order valence-electron chi connectivity index (χ2n) is 5.25. The van der Waals surface area contributed by atoms with Crippen molar-refractivity contribution in [2.75, 3.05) is 32.7 Å². The van der Waals surface area contributed by atoms with Crippen molar-refractivity contribution in [2.45, 2.75) is 20.8 Å². The molecule has 1 fully saturated rings. The summed E-state index contributed by atoms with van der Waals surface area (Å²) in [5.41, 5.74) is 7.20. The van der Waals surface area contributed by atoms with E-state index in [9.17, 15) is 4.79 Å². The Labute approximate surface area is 124 Å². The standard InChI is InChI=1S/C14H21N3O2S/c1-9-10(2)19-11(3)13(9)14(18)17-6-4-16(5-7-17)8-12(15)20/h4-8H2,1-3H3,(H2,15,20). The van der Waals surface area contributed by atoms with Crippen LogP contribution in [-0.4, -0.2) is 53.4 Å². The van der Waals surface area contributed by atoms with Crippen molar-refractivity contribution in [3.05, 3.63) is 22.6 Å². The molecular formula is C14H21N3O2S. The van der Waals surface area contributed by atoms with Crippen LogP contribution in [0.1, 0.15) is 27.4 Å². The Morgan fingerprint density at radius 2 is 1.80 bits per heavy atom. The first kappa shape index (κ1) is 15.0. The largest absolute Gasteiger partial charge is 0.466 e. The highest BCUT2D eigenvalue weighted by Gasteiger charge is 2.26. The Morgan fingerprint density at radius 1 is 1.20 bits per heavy atom. The average molecular weight is 295 g/mol. The van der Waals surface area contributed by atoms with E-state index in [1.807, 2.05) is 25.7 Å². The SMILES string of the molecule is Cc1oc(C)c(C(=O)N2CCN(CC(N)=S)CC2)c1C. The van der Waals surface area contributed by atoms with Crippen molar-refractivity contribution in [1.29, 1.82) is 0 Å². The van der Waals surface area contributed by atoms with E-state index < -0.39 is 0 Å². The van der Waals surface area contributed by atoms with E-state index in [2.05, 4.69) is 4.90 Å². The van der Waals surface area contributed by atoms with E-state index in [1.54, 1.807) is 0 Å². The number of aryl methyl sites for hydroxylation is 2. The molecule has 0 atom stereocenters. The number of nitrogens with two attached hydrogens (primary N) is 1. The van der Waals surface area contributed by atoms with Crippen LogP contribution in [0.5, 0.6) is 0 Å². The van der Waals surface area contributed by atoms with Gasteiger partial charge in [-0.15, -0.1) is 0 Å². The van der Waals surface area contributed by atoms with Gasteiger partial charge in [-0.3, -0.25) is 9.69 Å². The maximum Gasteiger partial charge on any atom is 0.257 e. The van der Waals surface area contributed by atoms with E-state index in [-0.39, 0.29) is 5.91 Å². The lowest BCUT2D eigenvalue weighted by Crippen LogP contribution is -2.50. The maximum absolute atomic E-state index is 12.6. The number of nitrogens with zero attached hydrogens (tertiary/aromatic N) is 2. The second-order valence-corrected chi connectivity index (χ2v) is 5.77. The highest BCUT2D eigenvalue weighted by atomic mass is 32.1. The van der Waals surface area contributed by atoms with Gasteiger partial charge >= 0.3 is 0 Å². The molecule has 20 heavy (non-hydrogen) atoms. The van der Waals surface area contributed by atoms with Gasteiger partial charge in [0.25, 0.3) is 5.91 Å². The number of carbonyl (C=O) groups excluding carboxylic acids is 1. The Morgan fingerprint density at radius 3 is 2.25 bits per heavy atom. The molecule has 1 aromatic heterocycles. The smallest absolute Gasteiger partial charge is 0.257 e. The molecule has 1 aliphatic heterocycles. The number of rotatable bonds is 3. The van der Waals surface area contributed by atoms with Gasteiger partial charge < -0.3 is 15.1 Å². The molecule has 2 heterocycles. The summed E-state index contributed by atoms with van der Waals surface area (Å²) in [6, 6.07) is 0. The van der Waals surface area contributed by atoms with Crippen molar-refractivity contribution in [3.8, 4) is 0 Å². The summed E-state index contributed by atoms with van der Waals surface area (Å²) >= 11 is 4.91. The van der Waals surface area contributed by atoms with E-state index >= 15 is 0 Å².